The van der Waals surface area contributed by atoms with Crippen molar-refractivity contribution in [2.24, 2.45) is 5.92 Å². The summed E-state index contributed by atoms with van der Waals surface area (Å²) in [6.07, 6.45) is 2.97. The molecular formula is C16H19N3O4S. The predicted octanol–water partition coefficient (Wildman–Crippen LogP) is 2.18. The van der Waals surface area contributed by atoms with Gasteiger partial charge in [0, 0.05) is 13.1 Å². The van der Waals surface area contributed by atoms with Gasteiger partial charge in [-0.05, 0) is 25.3 Å². The van der Waals surface area contributed by atoms with Crippen molar-refractivity contribution < 1.29 is 19.1 Å². The van der Waals surface area contributed by atoms with Gasteiger partial charge >= 0.3 is 11.9 Å². The van der Waals surface area contributed by atoms with Crippen LogP contribution in [0.1, 0.15) is 28.1 Å². The number of aryl methyl sites for hydroxylation is 1. The summed E-state index contributed by atoms with van der Waals surface area (Å²) in [6.45, 7) is 3.32. The Labute approximate surface area is 143 Å². The van der Waals surface area contributed by atoms with E-state index in [9.17, 15) is 9.59 Å². The van der Waals surface area contributed by atoms with E-state index in [2.05, 4.69) is 14.9 Å². The molecule has 1 aliphatic rings. The summed E-state index contributed by atoms with van der Waals surface area (Å²) in [5.74, 6) is 0.248. The first-order valence-corrected chi connectivity index (χ1v) is 8.53. The maximum Gasteiger partial charge on any atom is 0.348 e. The molecule has 3 heterocycles. The topological polar surface area (TPSA) is 81.6 Å². The molecule has 3 rings (SSSR count). The number of anilines is 1. The molecule has 0 atom stereocenters. The zero-order chi connectivity index (χ0) is 17.3. The zero-order valence-electron chi connectivity index (χ0n) is 13.9. The van der Waals surface area contributed by atoms with Gasteiger partial charge in [-0.1, -0.05) is 0 Å². The highest BCUT2D eigenvalue weighted by Crippen LogP contribution is 2.36. The average molecular weight is 349 g/mol. The molecule has 0 N–H and O–H groups in total. The summed E-state index contributed by atoms with van der Waals surface area (Å²) in [6, 6.07) is 0. The van der Waals surface area contributed by atoms with Crippen LogP contribution in [-0.4, -0.2) is 49.2 Å². The Bertz CT molecular complexity index is 781. The Morgan fingerprint density at radius 1 is 1.21 bits per heavy atom. The van der Waals surface area contributed by atoms with Crippen LogP contribution in [0.5, 0.6) is 0 Å². The Morgan fingerprint density at radius 3 is 2.54 bits per heavy atom. The molecule has 1 fully saturated rings. The minimum Gasteiger partial charge on any atom is -0.469 e. The second-order valence-corrected chi connectivity index (χ2v) is 6.71. The first-order chi connectivity index (χ1) is 11.6. The first-order valence-electron chi connectivity index (χ1n) is 7.72. The molecule has 0 radical (unpaired) electrons. The van der Waals surface area contributed by atoms with E-state index >= 15 is 0 Å². The number of methoxy groups -OCH3 is 2. The number of carbonyl (C=O) groups excluding carboxylic acids is 2. The Hall–Kier alpha value is -2.22. The van der Waals surface area contributed by atoms with Gasteiger partial charge < -0.3 is 14.4 Å². The molecule has 0 spiro atoms. The number of fused-ring (bicyclic) bond motifs is 1. The number of aromatic nitrogens is 2. The summed E-state index contributed by atoms with van der Waals surface area (Å²) >= 11 is 1.32. The van der Waals surface area contributed by atoms with Crippen LogP contribution in [0, 0.1) is 12.8 Å². The predicted molar refractivity (Wildman–Crippen MR) is 90.4 cm³/mol. The maximum absolute atomic E-state index is 11.9. The Kier molecular flexibility index (Phi) is 4.66. The zero-order valence-corrected chi connectivity index (χ0v) is 14.7. The molecule has 2 aromatic rings. The Morgan fingerprint density at radius 2 is 1.92 bits per heavy atom. The lowest BCUT2D eigenvalue weighted by Gasteiger charge is -2.31. The summed E-state index contributed by atoms with van der Waals surface area (Å²) < 4.78 is 9.67. The minimum absolute atomic E-state index is 0.0576. The summed E-state index contributed by atoms with van der Waals surface area (Å²) in [5.41, 5.74) is 0.840. The number of nitrogens with zero attached hydrogens (tertiary/aromatic N) is 3. The molecule has 0 amide bonds. The van der Waals surface area contributed by atoms with E-state index in [1.165, 1.54) is 31.9 Å². The van der Waals surface area contributed by atoms with Gasteiger partial charge in [0.05, 0.1) is 25.5 Å². The third-order valence-corrected chi connectivity index (χ3v) is 5.59. The number of carbonyl (C=O) groups is 2. The molecule has 24 heavy (non-hydrogen) atoms. The first kappa shape index (κ1) is 16.6. The second-order valence-electron chi connectivity index (χ2n) is 5.71. The van der Waals surface area contributed by atoms with Crippen molar-refractivity contribution >= 4 is 39.3 Å². The van der Waals surface area contributed by atoms with Crippen molar-refractivity contribution in [2.45, 2.75) is 19.8 Å². The van der Waals surface area contributed by atoms with Crippen LogP contribution in [0.3, 0.4) is 0 Å². The highest BCUT2D eigenvalue weighted by atomic mass is 32.1. The molecule has 2 aromatic heterocycles. The largest absolute Gasteiger partial charge is 0.469 e. The van der Waals surface area contributed by atoms with Crippen molar-refractivity contribution in [1.29, 1.82) is 0 Å². The van der Waals surface area contributed by atoms with Gasteiger partial charge in [0.1, 0.15) is 21.9 Å². The summed E-state index contributed by atoms with van der Waals surface area (Å²) in [4.78, 5) is 35.8. The lowest BCUT2D eigenvalue weighted by molar-refractivity contribution is -0.146. The van der Waals surface area contributed by atoms with Crippen molar-refractivity contribution in [3.8, 4) is 0 Å². The van der Waals surface area contributed by atoms with Gasteiger partial charge in [0.2, 0.25) is 0 Å². The molecule has 0 bridgehead atoms. The monoisotopic (exact) mass is 349 g/mol. The summed E-state index contributed by atoms with van der Waals surface area (Å²) in [7, 11) is 2.79. The lowest BCUT2D eigenvalue weighted by atomic mass is 9.97. The number of esters is 2. The minimum atomic E-state index is -0.356. The number of piperidine rings is 1. The van der Waals surface area contributed by atoms with Crippen molar-refractivity contribution in [2.75, 3.05) is 32.2 Å². The normalized spacial score (nSPS) is 15.5. The molecule has 1 aliphatic heterocycles. The molecule has 0 aliphatic carbocycles. The molecule has 1 saturated heterocycles. The van der Waals surface area contributed by atoms with Crippen molar-refractivity contribution in [3.05, 3.63) is 16.8 Å². The molecule has 7 nitrogen and oxygen atoms in total. The second kappa shape index (κ2) is 6.72. The lowest BCUT2D eigenvalue weighted by Crippen LogP contribution is -2.37. The van der Waals surface area contributed by atoms with E-state index in [1.54, 1.807) is 0 Å². The van der Waals surface area contributed by atoms with Crippen LogP contribution < -0.4 is 4.90 Å². The van der Waals surface area contributed by atoms with Crippen LogP contribution in [0.4, 0.5) is 5.82 Å². The fourth-order valence-corrected chi connectivity index (χ4v) is 4.14. The summed E-state index contributed by atoms with van der Waals surface area (Å²) in [5, 5.41) is 0.888. The van der Waals surface area contributed by atoms with Crippen LogP contribution in [0.15, 0.2) is 6.33 Å². The highest BCUT2D eigenvalue weighted by molar-refractivity contribution is 7.20. The third kappa shape index (κ3) is 2.82. The van der Waals surface area contributed by atoms with Crippen LogP contribution in [0.25, 0.3) is 10.2 Å². The van der Waals surface area contributed by atoms with Crippen LogP contribution >= 0.6 is 11.3 Å². The van der Waals surface area contributed by atoms with E-state index in [0.717, 1.165) is 34.4 Å². The molecule has 0 unspecified atom stereocenters. The van der Waals surface area contributed by atoms with E-state index in [-0.39, 0.29) is 17.9 Å². The quantitative estimate of drug-likeness (QED) is 0.786. The van der Waals surface area contributed by atoms with Crippen LogP contribution in [0.2, 0.25) is 0 Å². The molecule has 0 saturated carbocycles. The van der Waals surface area contributed by atoms with Crippen molar-refractivity contribution in [1.82, 2.24) is 9.97 Å². The number of thiophene rings is 1. The highest BCUT2D eigenvalue weighted by Gasteiger charge is 2.28. The van der Waals surface area contributed by atoms with E-state index in [0.29, 0.717) is 18.0 Å². The molecular weight excluding hydrogens is 330 g/mol. The molecule has 128 valence electrons. The maximum atomic E-state index is 11.9. The standard InChI is InChI=1S/C16H19N3O4S/c1-9-11-13(19-6-4-10(5-7-19)15(20)22-2)17-8-18-14(11)24-12(9)16(21)23-3/h8,10H,4-7H2,1-3H3. The number of hydrogen-bond acceptors (Lipinski definition) is 8. The van der Waals surface area contributed by atoms with Gasteiger partial charge in [-0.25, -0.2) is 14.8 Å². The molecule has 8 heteroatoms. The van der Waals surface area contributed by atoms with Gasteiger partial charge in [0.25, 0.3) is 0 Å². The SMILES string of the molecule is COC(=O)c1sc2ncnc(N3CCC(C(=O)OC)CC3)c2c1C. The van der Waals surface area contributed by atoms with Crippen molar-refractivity contribution in [3.63, 3.8) is 0 Å². The van der Waals surface area contributed by atoms with E-state index in [1.807, 2.05) is 6.92 Å². The average Bonchev–Trinajstić information content (AvgIpc) is 2.97. The third-order valence-electron chi connectivity index (χ3n) is 4.41. The van der Waals surface area contributed by atoms with Crippen LogP contribution in [-0.2, 0) is 14.3 Å². The van der Waals surface area contributed by atoms with Gasteiger partial charge in [0.15, 0.2) is 0 Å². The van der Waals surface area contributed by atoms with Gasteiger partial charge in [-0.15, -0.1) is 11.3 Å². The smallest absolute Gasteiger partial charge is 0.348 e. The number of ether oxygens (including phenoxy) is 2. The fourth-order valence-electron chi connectivity index (χ4n) is 3.07. The number of rotatable bonds is 3. The van der Waals surface area contributed by atoms with E-state index < -0.39 is 0 Å². The molecule has 0 aromatic carbocycles. The Balaban J connectivity index is 1.92. The fraction of sp³-hybridized carbons (Fsp3) is 0.500. The van der Waals surface area contributed by atoms with Gasteiger partial charge in [-0.2, -0.15) is 0 Å². The number of hydrogen-bond donors (Lipinski definition) is 0. The van der Waals surface area contributed by atoms with Gasteiger partial charge in [-0.3, -0.25) is 4.79 Å². The van der Waals surface area contributed by atoms with E-state index in [4.69, 9.17) is 9.47 Å².